The third-order valence-corrected chi connectivity index (χ3v) is 4.09. The largest absolute Gasteiger partial charge is 0.395 e. The van der Waals surface area contributed by atoms with Gasteiger partial charge in [-0.3, -0.25) is 10.1 Å². The lowest BCUT2D eigenvalue weighted by Crippen LogP contribution is -2.45. The van der Waals surface area contributed by atoms with Gasteiger partial charge < -0.3 is 14.2 Å². The zero-order chi connectivity index (χ0) is 18.7. The molecule has 0 saturated carbocycles. The van der Waals surface area contributed by atoms with Crippen LogP contribution in [0.25, 0.3) is 5.57 Å². The van der Waals surface area contributed by atoms with Gasteiger partial charge in [0.2, 0.25) is 5.88 Å². The van der Waals surface area contributed by atoms with Crippen molar-refractivity contribution in [2.24, 2.45) is 5.92 Å². The van der Waals surface area contributed by atoms with Crippen LogP contribution in [0.4, 0.5) is 19.1 Å². The number of hydrogen-bond acceptors (Lipinski definition) is 6. The number of ether oxygens (including phenoxy) is 1. The number of halogens is 3. The molecule has 0 radical (unpaired) electrons. The van der Waals surface area contributed by atoms with Crippen LogP contribution >= 0.6 is 0 Å². The number of nitrogens with one attached hydrogen (secondary N) is 1. The molecule has 1 N–H and O–H groups in total. The van der Waals surface area contributed by atoms with Crippen LogP contribution in [0.15, 0.2) is 28.8 Å². The Morgan fingerprint density at radius 3 is 3.00 bits per heavy atom. The molecule has 1 fully saturated rings. The summed E-state index contributed by atoms with van der Waals surface area (Å²) in [7, 11) is 0. The number of alkyl halides is 3. The van der Waals surface area contributed by atoms with Crippen molar-refractivity contribution >= 4 is 17.4 Å². The van der Waals surface area contributed by atoms with Crippen LogP contribution in [0.1, 0.15) is 12.1 Å². The van der Waals surface area contributed by atoms with Gasteiger partial charge in [0.25, 0.3) is 5.91 Å². The summed E-state index contributed by atoms with van der Waals surface area (Å²) in [4.78, 5) is 13.6. The second-order valence-electron chi connectivity index (χ2n) is 5.90. The van der Waals surface area contributed by atoms with Gasteiger partial charge in [-0.05, 0) is 12.0 Å². The van der Waals surface area contributed by atoms with Gasteiger partial charge in [-0.25, -0.2) is 0 Å². The van der Waals surface area contributed by atoms with Gasteiger partial charge in [0.05, 0.1) is 25.6 Å². The molecule has 2 aliphatic rings. The molecule has 26 heavy (non-hydrogen) atoms. The molecule has 1 aromatic heterocycles. The molecule has 1 unspecified atom stereocenters. The van der Waals surface area contributed by atoms with Gasteiger partial charge in [-0.15, -0.1) is 0 Å². The zero-order valence-electron chi connectivity index (χ0n) is 13.5. The molecule has 1 saturated heterocycles. The Morgan fingerprint density at radius 1 is 1.46 bits per heavy atom. The van der Waals surface area contributed by atoms with E-state index in [1.807, 2.05) is 6.19 Å². The SMILES string of the molecule is N#CN1CCO[C@@H](C(=O)Nc2cc(C3=CC=CC(C(F)(F)F)C3)no2)C1. The van der Waals surface area contributed by atoms with E-state index in [0.717, 1.165) is 6.08 Å². The van der Waals surface area contributed by atoms with Gasteiger partial charge in [-0.2, -0.15) is 18.4 Å². The number of hydrogen-bond donors (Lipinski definition) is 1. The Bertz CT molecular complexity index is 778. The normalized spacial score (nSPS) is 23.3. The second-order valence-corrected chi connectivity index (χ2v) is 5.90. The number of anilines is 1. The molecule has 2 heterocycles. The van der Waals surface area contributed by atoms with Crippen molar-refractivity contribution in [2.75, 3.05) is 25.0 Å². The van der Waals surface area contributed by atoms with E-state index >= 15 is 0 Å². The van der Waals surface area contributed by atoms with Crippen molar-refractivity contribution in [3.8, 4) is 6.19 Å². The molecule has 1 amide bonds. The first-order chi connectivity index (χ1) is 12.4. The van der Waals surface area contributed by atoms with Crippen LogP contribution in [-0.4, -0.2) is 47.9 Å². The Balaban J connectivity index is 1.63. The van der Waals surface area contributed by atoms with Crippen molar-refractivity contribution < 1.29 is 27.2 Å². The van der Waals surface area contributed by atoms with Gasteiger partial charge in [0.1, 0.15) is 5.69 Å². The fraction of sp³-hybridized carbons (Fsp3) is 0.438. The minimum Gasteiger partial charge on any atom is -0.365 e. The van der Waals surface area contributed by atoms with E-state index in [1.165, 1.54) is 23.1 Å². The van der Waals surface area contributed by atoms with E-state index < -0.39 is 24.1 Å². The molecule has 1 aliphatic heterocycles. The first-order valence-corrected chi connectivity index (χ1v) is 7.85. The highest BCUT2D eigenvalue weighted by atomic mass is 19.4. The third-order valence-electron chi connectivity index (χ3n) is 4.09. The Hall–Kier alpha value is -2.80. The highest BCUT2D eigenvalue weighted by Crippen LogP contribution is 2.37. The minimum absolute atomic E-state index is 0.00157. The van der Waals surface area contributed by atoms with Gasteiger partial charge in [-0.1, -0.05) is 23.4 Å². The number of allylic oxidation sites excluding steroid dienone is 4. The summed E-state index contributed by atoms with van der Waals surface area (Å²) in [6.07, 6.45) is 0.474. The molecule has 2 atom stereocenters. The maximum Gasteiger partial charge on any atom is 0.395 e. The summed E-state index contributed by atoms with van der Waals surface area (Å²) >= 11 is 0. The summed E-state index contributed by atoms with van der Waals surface area (Å²) in [6.45, 7) is 0.771. The monoisotopic (exact) mass is 368 g/mol. The van der Waals surface area contributed by atoms with Crippen LogP contribution in [0.5, 0.6) is 0 Å². The maximum atomic E-state index is 12.9. The Morgan fingerprint density at radius 2 is 2.27 bits per heavy atom. The Kier molecular flexibility index (Phi) is 4.99. The van der Waals surface area contributed by atoms with E-state index in [2.05, 4.69) is 10.5 Å². The number of aromatic nitrogens is 1. The molecule has 138 valence electrons. The number of carbonyl (C=O) groups is 1. The average molecular weight is 368 g/mol. The lowest BCUT2D eigenvalue weighted by molar-refractivity contribution is -0.159. The Labute approximate surface area is 146 Å². The van der Waals surface area contributed by atoms with Crippen LogP contribution in [0.3, 0.4) is 0 Å². The summed E-state index contributed by atoms with van der Waals surface area (Å²) < 4.78 is 48.9. The average Bonchev–Trinajstić information content (AvgIpc) is 3.09. The minimum atomic E-state index is -4.33. The second kappa shape index (κ2) is 7.21. The van der Waals surface area contributed by atoms with Crippen molar-refractivity contribution in [3.63, 3.8) is 0 Å². The number of nitrogens with zero attached hydrogens (tertiary/aromatic N) is 3. The molecule has 1 aliphatic carbocycles. The van der Waals surface area contributed by atoms with Crippen LogP contribution in [-0.2, 0) is 9.53 Å². The van der Waals surface area contributed by atoms with Crippen molar-refractivity contribution in [1.29, 1.82) is 5.26 Å². The van der Waals surface area contributed by atoms with Gasteiger partial charge in [0, 0.05) is 6.07 Å². The van der Waals surface area contributed by atoms with Crippen LogP contribution in [0, 0.1) is 17.4 Å². The van der Waals surface area contributed by atoms with Gasteiger partial charge >= 0.3 is 6.18 Å². The molecular formula is C16H15F3N4O3. The summed E-state index contributed by atoms with van der Waals surface area (Å²) in [5.74, 6) is -2.09. The standard InChI is InChI=1S/C16H15F3N4O3/c17-16(18,19)11-3-1-2-10(6-11)12-7-14(26-22-12)21-15(24)13-8-23(9-20)4-5-25-13/h1-3,7,11,13H,4-6,8H2,(H,21,24)/t11?,13-/m1/s1. The van der Waals surface area contributed by atoms with Crippen molar-refractivity contribution in [2.45, 2.75) is 18.7 Å². The quantitative estimate of drug-likeness (QED) is 0.824. The van der Waals surface area contributed by atoms with E-state index in [9.17, 15) is 18.0 Å². The lowest BCUT2D eigenvalue weighted by Gasteiger charge is -2.27. The van der Waals surface area contributed by atoms with Crippen molar-refractivity contribution in [3.05, 3.63) is 30.0 Å². The fourth-order valence-corrected chi connectivity index (χ4v) is 2.68. The molecular weight excluding hydrogens is 353 g/mol. The summed E-state index contributed by atoms with van der Waals surface area (Å²) in [5.41, 5.74) is 0.589. The van der Waals surface area contributed by atoms with E-state index in [4.69, 9.17) is 14.5 Å². The van der Waals surface area contributed by atoms with Crippen LogP contribution in [0.2, 0.25) is 0 Å². The maximum absolute atomic E-state index is 12.9. The molecule has 0 spiro atoms. The zero-order valence-corrected chi connectivity index (χ0v) is 13.5. The van der Waals surface area contributed by atoms with Gasteiger partial charge in [0.15, 0.2) is 12.3 Å². The number of rotatable bonds is 3. The van der Waals surface area contributed by atoms with E-state index in [0.29, 0.717) is 12.1 Å². The molecule has 1 aromatic rings. The molecule has 0 bridgehead atoms. The van der Waals surface area contributed by atoms with Crippen molar-refractivity contribution in [1.82, 2.24) is 10.1 Å². The van der Waals surface area contributed by atoms with Crippen LogP contribution < -0.4 is 5.32 Å². The molecule has 3 rings (SSSR count). The smallest absolute Gasteiger partial charge is 0.365 e. The number of carbonyl (C=O) groups excluding carboxylic acids is 1. The fourth-order valence-electron chi connectivity index (χ4n) is 2.68. The van der Waals surface area contributed by atoms with E-state index in [-0.39, 0.29) is 31.2 Å². The summed E-state index contributed by atoms with van der Waals surface area (Å²) in [5, 5.41) is 15.1. The molecule has 10 heteroatoms. The molecule has 0 aromatic carbocycles. The highest BCUT2D eigenvalue weighted by molar-refractivity contribution is 5.93. The summed E-state index contributed by atoms with van der Waals surface area (Å²) in [6, 6.07) is 1.36. The number of amides is 1. The first kappa shape index (κ1) is 18.0. The molecule has 7 nitrogen and oxygen atoms in total. The number of morpholine rings is 1. The lowest BCUT2D eigenvalue weighted by atomic mass is 9.92. The first-order valence-electron chi connectivity index (χ1n) is 7.85. The number of nitriles is 1. The highest BCUT2D eigenvalue weighted by Gasteiger charge is 2.39. The van der Waals surface area contributed by atoms with E-state index in [1.54, 1.807) is 0 Å². The topological polar surface area (TPSA) is 91.4 Å². The predicted molar refractivity (Wildman–Crippen MR) is 83.3 cm³/mol. The predicted octanol–water partition coefficient (Wildman–Crippen LogP) is 2.32. The third kappa shape index (κ3) is 4.05.